The minimum atomic E-state index is 0.615. The van der Waals surface area contributed by atoms with E-state index in [1.807, 2.05) is 18.2 Å². The van der Waals surface area contributed by atoms with Crippen molar-refractivity contribution >= 4 is 0 Å². The molecule has 3 heteroatoms. The van der Waals surface area contributed by atoms with Crippen LogP contribution in [0, 0.1) is 5.92 Å². The van der Waals surface area contributed by atoms with E-state index in [4.69, 9.17) is 14.2 Å². The molecule has 2 rings (SSSR count). The molecule has 0 amide bonds. The minimum absolute atomic E-state index is 0.615. The lowest BCUT2D eigenvalue weighted by Crippen LogP contribution is -2.15. The summed E-state index contributed by atoms with van der Waals surface area (Å²) in [5.41, 5.74) is 0. The molecule has 3 nitrogen and oxygen atoms in total. The Kier molecular flexibility index (Phi) is 4.13. The maximum Gasteiger partial charge on any atom is 0.165 e. The number of fused-ring (bicyclic) bond motifs is 1. The van der Waals surface area contributed by atoms with Crippen molar-refractivity contribution < 1.29 is 14.2 Å². The van der Waals surface area contributed by atoms with E-state index in [2.05, 4.69) is 13.8 Å². The molecule has 0 saturated carbocycles. The summed E-state index contributed by atoms with van der Waals surface area (Å²) < 4.78 is 16.6. The molecule has 0 saturated heterocycles. The van der Waals surface area contributed by atoms with Crippen LogP contribution < -0.4 is 14.2 Å². The second kappa shape index (κ2) is 5.80. The minimum Gasteiger partial charge on any atom is -0.493 e. The van der Waals surface area contributed by atoms with Gasteiger partial charge in [0.15, 0.2) is 11.5 Å². The predicted octanol–water partition coefficient (Wildman–Crippen LogP) is 3.27. The number of ether oxygens (including phenoxy) is 3. The van der Waals surface area contributed by atoms with Gasteiger partial charge in [0.25, 0.3) is 0 Å². The molecule has 0 radical (unpaired) electrons. The van der Waals surface area contributed by atoms with Crippen LogP contribution in [0.15, 0.2) is 18.2 Å². The predicted molar refractivity (Wildman–Crippen MR) is 67.0 cm³/mol. The van der Waals surface area contributed by atoms with Crippen molar-refractivity contribution in [2.24, 2.45) is 5.92 Å². The van der Waals surface area contributed by atoms with Crippen LogP contribution in [0.25, 0.3) is 0 Å². The van der Waals surface area contributed by atoms with Crippen LogP contribution in [-0.2, 0) is 0 Å². The van der Waals surface area contributed by atoms with Crippen LogP contribution in [0.3, 0.4) is 0 Å². The summed E-state index contributed by atoms with van der Waals surface area (Å²) in [6.45, 7) is 6.46. The monoisotopic (exact) mass is 236 g/mol. The van der Waals surface area contributed by atoms with Crippen LogP contribution in [0.1, 0.15) is 26.7 Å². The molecule has 0 unspecified atom stereocenters. The third kappa shape index (κ3) is 3.55. The van der Waals surface area contributed by atoms with Gasteiger partial charge in [0.05, 0.1) is 6.61 Å². The van der Waals surface area contributed by atoms with E-state index in [-0.39, 0.29) is 0 Å². The topological polar surface area (TPSA) is 27.7 Å². The number of hydrogen-bond acceptors (Lipinski definition) is 3. The summed E-state index contributed by atoms with van der Waals surface area (Å²) in [5.74, 6) is 3.19. The molecule has 1 aromatic carbocycles. The van der Waals surface area contributed by atoms with Gasteiger partial charge in [-0.1, -0.05) is 13.8 Å². The Morgan fingerprint density at radius 2 is 1.94 bits per heavy atom. The number of rotatable bonds is 5. The lowest BCUT2D eigenvalue weighted by molar-refractivity contribution is 0.170. The fourth-order valence-electron chi connectivity index (χ4n) is 1.80. The van der Waals surface area contributed by atoms with Gasteiger partial charge >= 0.3 is 0 Å². The highest BCUT2D eigenvalue weighted by atomic mass is 16.6. The highest BCUT2D eigenvalue weighted by Gasteiger charge is 2.11. The van der Waals surface area contributed by atoms with E-state index < -0.39 is 0 Å². The molecule has 0 aliphatic carbocycles. The Labute approximate surface area is 103 Å². The Morgan fingerprint density at radius 3 is 2.71 bits per heavy atom. The summed E-state index contributed by atoms with van der Waals surface area (Å²) in [6.07, 6.45) is 2.29. The van der Waals surface area contributed by atoms with E-state index in [0.29, 0.717) is 13.2 Å². The molecule has 0 fully saturated rings. The van der Waals surface area contributed by atoms with Crippen LogP contribution in [0.2, 0.25) is 0 Å². The largest absolute Gasteiger partial charge is 0.493 e. The van der Waals surface area contributed by atoms with E-state index >= 15 is 0 Å². The van der Waals surface area contributed by atoms with Crippen molar-refractivity contribution in [3.05, 3.63) is 18.2 Å². The zero-order valence-electron chi connectivity index (χ0n) is 10.6. The average Bonchev–Trinajstić information content (AvgIpc) is 2.34. The normalized spacial score (nSPS) is 13.8. The first-order chi connectivity index (χ1) is 8.25. The fraction of sp³-hybridized carbons (Fsp3) is 0.571. The Bertz CT molecular complexity index is 360. The third-order valence-electron chi connectivity index (χ3n) is 2.71. The molecule has 94 valence electrons. The van der Waals surface area contributed by atoms with E-state index in [1.165, 1.54) is 6.42 Å². The summed E-state index contributed by atoms with van der Waals surface area (Å²) in [5, 5.41) is 0. The standard InChI is InChI=1S/C14H20O3/c1-11(2)4-3-7-15-12-5-6-13-14(10-12)17-9-8-16-13/h5-6,10-11H,3-4,7-9H2,1-2H3. The molecule has 0 N–H and O–H groups in total. The molecule has 0 spiro atoms. The molecule has 1 aliphatic rings. The van der Waals surface area contributed by atoms with Gasteiger partial charge in [0.2, 0.25) is 0 Å². The summed E-state index contributed by atoms with van der Waals surface area (Å²) in [4.78, 5) is 0. The summed E-state index contributed by atoms with van der Waals surface area (Å²) >= 11 is 0. The van der Waals surface area contributed by atoms with Gasteiger partial charge in [-0.05, 0) is 30.9 Å². The molecule has 1 aliphatic heterocycles. The quantitative estimate of drug-likeness (QED) is 0.734. The highest BCUT2D eigenvalue weighted by molar-refractivity contribution is 5.46. The van der Waals surface area contributed by atoms with Crippen LogP contribution in [-0.4, -0.2) is 19.8 Å². The van der Waals surface area contributed by atoms with Gasteiger partial charge in [0, 0.05) is 6.07 Å². The van der Waals surface area contributed by atoms with Gasteiger partial charge in [-0.2, -0.15) is 0 Å². The highest BCUT2D eigenvalue weighted by Crippen LogP contribution is 2.33. The molecule has 0 atom stereocenters. The second-order valence-electron chi connectivity index (χ2n) is 4.69. The van der Waals surface area contributed by atoms with Gasteiger partial charge in [-0.25, -0.2) is 0 Å². The lowest BCUT2D eigenvalue weighted by atomic mass is 10.1. The number of hydrogen-bond donors (Lipinski definition) is 0. The van der Waals surface area contributed by atoms with Gasteiger partial charge in [0.1, 0.15) is 19.0 Å². The van der Waals surface area contributed by atoms with Crippen LogP contribution in [0.5, 0.6) is 17.2 Å². The number of benzene rings is 1. The van der Waals surface area contributed by atoms with Gasteiger partial charge in [-0.15, -0.1) is 0 Å². The Balaban J connectivity index is 1.85. The first kappa shape index (κ1) is 12.1. The van der Waals surface area contributed by atoms with Gasteiger partial charge < -0.3 is 14.2 Å². The van der Waals surface area contributed by atoms with Crippen molar-refractivity contribution in [1.29, 1.82) is 0 Å². The molecular formula is C14H20O3. The Morgan fingerprint density at radius 1 is 1.18 bits per heavy atom. The molecule has 1 aromatic rings. The Hall–Kier alpha value is -1.38. The zero-order chi connectivity index (χ0) is 12.1. The maximum absolute atomic E-state index is 5.69. The van der Waals surface area contributed by atoms with Crippen molar-refractivity contribution in [1.82, 2.24) is 0 Å². The first-order valence-electron chi connectivity index (χ1n) is 6.28. The van der Waals surface area contributed by atoms with Crippen molar-refractivity contribution in [2.75, 3.05) is 19.8 Å². The lowest BCUT2D eigenvalue weighted by Gasteiger charge is -2.19. The van der Waals surface area contributed by atoms with E-state index in [1.54, 1.807) is 0 Å². The van der Waals surface area contributed by atoms with E-state index in [9.17, 15) is 0 Å². The summed E-state index contributed by atoms with van der Waals surface area (Å²) in [7, 11) is 0. The summed E-state index contributed by atoms with van der Waals surface area (Å²) in [6, 6.07) is 5.75. The van der Waals surface area contributed by atoms with Gasteiger partial charge in [-0.3, -0.25) is 0 Å². The average molecular weight is 236 g/mol. The first-order valence-corrected chi connectivity index (χ1v) is 6.28. The SMILES string of the molecule is CC(C)CCCOc1ccc2c(c1)OCCO2. The molecular weight excluding hydrogens is 216 g/mol. The maximum atomic E-state index is 5.69. The fourth-order valence-corrected chi connectivity index (χ4v) is 1.80. The third-order valence-corrected chi connectivity index (χ3v) is 2.71. The molecule has 0 bridgehead atoms. The van der Waals surface area contributed by atoms with Crippen LogP contribution >= 0.6 is 0 Å². The molecule has 17 heavy (non-hydrogen) atoms. The zero-order valence-corrected chi connectivity index (χ0v) is 10.6. The van der Waals surface area contributed by atoms with Crippen molar-refractivity contribution in [3.63, 3.8) is 0 Å². The van der Waals surface area contributed by atoms with Crippen molar-refractivity contribution in [2.45, 2.75) is 26.7 Å². The van der Waals surface area contributed by atoms with Crippen LogP contribution in [0.4, 0.5) is 0 Å². The molecule has 1 heterocycles. The van der Waals surface area contributed by atoms with Crippen molar-refractivity contribution in [3.8, 4) is 17.2 Å². The molecule has 0 aromatic heterocycles. The van der Waals surface area contributed by atoms with E-state index in [0.717, 1.165) is 36.2 Å². The second-order valence-corrected chi connectivity index (χ2v) is 4.69. The smallest absolute Gasteiger partial charge is 0.165 e.